The van der Waals surface area contributed by atoms with E-state index in [1.807, 2.05) is 36.4 Å². The van der Waals surface area contributed by atoms with Crippen molar-refractivity contribution in [3.63, 3.8) is 0 Å². The number of hydrogen-bond acceptors (Lipinski definition) is 0. The van der Waals surface area contributed by atoms with Gasteiger partial charge < -0.3 is 0 Å². The van der Waals surface area contributed by atoms with Crippen LogP contribution in [0.15, 0.2) is 36.4 Å². The fourth-order valence-corrected chi connectivity index (χ4v) is 18.6. The van der Waals surface area contributed by atoms with Crippen molar-refractivity contribution in [2.75, 3.05) is 0 Å². The van der Waals surface area contributed by atoms with Crippen LogP contribution in [0.2, 0.25) is 20.1 Å². The first-order chi connectivity index (χ1) is 10.1. The molecular formula is C14H10Cl4Se3. The molecule has 2 rings (SSSR count). The van der Waals surface area contributed by atoms with Crippen molar-refractivity contribution >= 4 is 84.0 Å². The molecule has 0 unspecified atom stereocenters. The van der Waals surface area contributed by atoms with Crippen molar-refractivity contribution in [1.82, 2.24) is 0 Å². The summed E-state index contributed by atoms with van der Waals surface area (Å²) < 4.78 is 0. The number of halogens is 4. The Morgan fingerprint density at radius 3 is 1.48 bits per heavy atom. The van der Waals surface area contributed by atoms with Gasteiger partial charge in [-0.1, -0.05) is 0 Å². The molecule has 0 N–H and O–H groups in total. The average molecular weight is 557 g/mol. The quantitative estimate of drug-likeness (QED) is 0.349. The molecule has 2 aromatic carbocycles. The van der Waals surface area contributed by atoms with Gasteiger partial charge in [-0.3, -0.25) is 0 Å². The fourth-order valence-electron chi connectivity index (χ4n) is 1.49. The molecule has 0 bridgehead atoms. The minimum absolute atomic E-state index is 0.628. The molecule has 0 aliphatic carbocycles. The van der Waals surface area contributed by atoms with Gasteiger partial charge in [0.25, 0.3) is 0 Å². The Morgan fingerprint density at radius 1 is 0.667 bits per heavy atom. The van der Waals surface area contributed by atoms with Crippen molar-refractivity contribution in [3.05, 3.63) is 67.6 Å². The molecule has 0 amide bonds. The standard InChI is InChI=1S/C14H10Cl4Se3/c15-11-3-1-9(13(17)5-11)7-19-21-20-8-10-2-4-12(16)6-14(10)18/h1-6H,7-8H2. The summed E-state index contributed by atoms with van der Waals surface area (Å²) in [5.41, 5.74) is 2.42. The number of benzene rings is 2. The van der Waals surface area contributed by atoms with E-state index in [9.17, 15) is 0 Å². The predicted octanol–water partition coefficient (Wildman–Crippen LogP) is 4.94. The van der Waals surface area contributed by atoms with Gasteiger partial charge >= 0.3 is 162 Å². The summed E-state index contributed by atoms with van der Waals surface area (Å²) in [6, 6.07) is 11.5. The third-order valence-corrected chi connectivity index (χ3v) is 21.5. The second kappa shape index (κ2) is 9.45. The normalized spacial score (nSPS) is 10.9. The maximum absolute atomic E-state index is 6.18. The van der Waals surface area contributed by atoms with Gasteiger partial charge in [0.05, 0.1) is 0 Å². The topological polar surface area (TPSA) is 0 Å². The second-order valence-corrected chi connectivity index (χ2v) is 22.6. The molecule has 7 heteroatoms. The van der Waals surface area contributed by atoms with Crippen LogP contribution >= 0.6 is 46.4 Å². The molecule has 0 heterocycles. The summed E-state index contributed by atoms with van der Waals surface area (Å²) in [6.45, 7) is 0. The zero-order chi connectivity index (χ0) is 15.2. The third-order valence-electron chi connectivity index (χ3n) is 2.56. The molecule has 0 saturated heterocycles. The van der Waals surface area contributed by atoms with Crippen molar-refractivity contribution in [2.45, 2.75) is 10.6 Å². The zero-order valence-corrected chi connectivity index (χ0v) is 18.8. The molecule has 0 saturated carbocycles. The molecule has 0 nitrogen and oxygen atoms in total. The van der Waals surface area contributed by atoms with Crippen molar-refractivity contribution in [3.8, 4) is 0 Å². The van der Waals surface area contributed by atoms with Crippen LogP contribution in [0.3, 0.4) is 0 Å². The molecule has 0 aliphatic heterocycles. The van der Waals surface area contributed by atoms with E-state index in [0.29, 0.717) is 47.6 Å². The fraction of sp³-hybridized carbons (Fsp3) is 0.143. The SMILES string of the molecule is Clc1ccc(C[Se][Se][Se]Cc2ccc(Cl)cc2Cl)c(Cl)c1. The van der Waals surface area contributed by atoms with Crippen LogP contribution in [0.4, 0.5) is 0 Å². The van der Waals surface area contributed by atoms with Gasteiger partial charge in [-0.25, -0.2) is 0 Å². The van der Waals surface area contributed by atoms with E-state index < -0.39 is 0 Å². The van der Waals surface area contributed by atoms with Crippen molar-refractivity contribution in [1.29, 1.82) is 0 Å². The molecule has 0 aliphatic rings. The van der Waals surface area contributed by atoms with Crippen LogP contribution in [0.25, 0.3) is 0 Å². The Balaban J connectivity index is 1.75. The van der Waals surface area contributed by atoms with E-state index in [0.717, 1.165) is 20.7 Å². The molecule has 0 fully saturated rings. The summed E-state index contributed by atoms with van der Waals surface area (Å²) in [5.74, 6) is 0. The first kappa shape index (κ1) is 18.5. The molecular weight excluding hydrogens is 547 g/mol. The van der Waals surface area contributed by atoms with E-state index >= 15 is 0 Å². The van der Waals surface area contributed by atoms with Gasteiger partial charge in [0, 0.05) is 0 Å². The summed E-state index contributed by atoms with van der Waals surface area (Å²) >= 11 is 26.1. The van der Waals surface area contributed by atoms with Crippen LogP contribution in [-0.2, 0) is 10.6 Å². The van der Waals surface area contributed by atoms with Crippen LogP contribution in [-0.4, -0.2) is 37.6 Å². The summed E-state index contributed by atoms with van der Waals surface area (Å²) in [4.78, 5) is 0. The Bertz CT molecular complexity index is 566. The molecule has 0 spiro atoms. The number of rotatable bonds is 6. The number of hydrogen-bond donors (Lipinski definition) is 0. The molecule has 21 heavy (non-hydrogen) atoms. The van der Waals surface area contributed by atoms with E-state index in [-0.39, 0.29) is 0 Å². The summed E-state index contributed by atoms with van der Waals surface area (Å²) in [5, 5.41) is 5.13. The molecule has 112 valence electrons. The van der Waals surface area contributed by atoms with Crippen molar-refractivity contribution in [2.24, 2.45) is 0 Å². The first-order valence-corrected chi connectivity index (χ1v) is 18.5. The van der Waals surface area contributed by atoms with Gasteiger partial charge in [0.1, 0.15) is 0 Å². The van der Waals surface area contributed by atoms with E-state index in [4.69, 9.17) is 46.4 Å². The zero-order valence-electron chi connectivity index (χ0n) is 10.6. The van der Waals surface area contributed by atoms with E-state index in [1.165, 1.54) is 11.1 Å². The van der Waals surface area contributed by atoms with Crippen LogP contribution in [0, 0.1) is 0 Å². The minimum atomic E-state index is 0.628. The van der Waals surface area contributed by atoms with Crippen molar-refractivity contribution < 1.29 is 0 Å². The van der Waals surface area contributed by atoms with Crippen LogP contribution in [0.1, 0.15) is 11.1 Å². The van der Waals surface area contributed by atoms with Crippen LogP contribution < -0.4 is 0 Å². The predicted molar refractivity (Wildman–Crippen MR) is 97.6 cm³/mol. The average Bonchev–Trinajstić information content (AvgIpc) is 2.42. The Morgan fingerprint density at radius 2 is 1.10 bits per heavy atom. The maximum atomic E-state index is 6.18. The van der Waals surface area contributed by atoms with E-state index in [2.05, 4.69) is 0 Å². The van der Waals surface area contributed by atoms with E-state index in [1.54, 1.807) is 0 Å². The van der Waals surface area contributed by atoms with Gasteiger partial charge in [0.15, 0.2) is 0 Å². The molecule has 2 aromatic rings. The Labute approximate surface area is 160 Å². The summed E-state index contributed by atoms with van der Waals surface area (Å²) in [6.07, 6.45) is 0. The first-order valence-electron chi connectivity index (χ1n) is 5.85. The molecule has 0 atom stereocenters. The summed E-state index contributed by atoms with van der Waals surface area (Å²) in [7, 11) is 0. The van der Waals surface area contributed by atoms with Gasteiger partial charge in [-0.05, 0) is 0 Å². The third kappa shape index (κ3) is 6.28. The Kier molecular flexibility index (Phi) is 8.33. The Hall–Kier alpha value is 1.16. The molecule has 0 aromatic heterocycles. The van der Waals surface area contributed by atoms with Gasteiger partial charge in [0.2, 0.25) is 0 Å². The second-order valence-electron chi connectivity index (χ2n) is 4.06. The van der Waals surface area contributed by atoms with Gasteiger partial charge in [-0.2, -0.15) is 0 Å². The van der Waals surface area contributed by atoms with Gasteiger partial charge in [-0.15, -0.1) is 0 Å². The monoisotopic (exact) mass is 558 g/mol. The molecule has 0 radical (unpaired) electrons. The van der Waals surface area contributed by atoms with Crippen LogP contribution in [0.5, 0.6) is 0 Å².